The van der Waals surface area contributed by atoms with E-state index in [4.69, 9.17) is 0 Å². The smallest absolute Gasteiger partial charge is 0.152 e. The lowest BCUT2D eigenvalue weighted by Crippen LogP contribution is -2.42. The van der Waals surface area contributed by atoms with Gasteiger partial charge in [0.05, 0.1) is 6.54 Å². The summed E-state index contributed by atoms with van der Waals surface area (Å²) >= 11 is 0. The average molecular weight is 389 g/mol. The first kappa shape index (κ1) is 18.9. The monoisotopic (exact) mass is 388 g/mol. The van der Waals surface area contributed by atoms with Crippen molar-refractivity contribution in [3.63, 3.8) is 0 Å². The number of anilines is 1. The number of para-hydroxylation sites is 1. The molecule has 0 aromatic heterocycles. The minimum absolute atomic E-state index is 0.376. The molecule has 0 unspecified atom stereocenters. The molecule has 0 amide bonds. The Morgan fingerprint density at radius 2 is 1.55 bits per heavy atom. The van der Waals surface area contributed by atoms with Gasteiger partial charge in [-0.25, -0.2) is 0 Å². The number of carbonyl (C=O) groups excluding carboxylic acids is 1. The van der Waals surface area contributed by atoms with Crippen LogP contribution in [-0.4, -0.2) is 43.4 Å². The lowest BCUT2D eigenvalue weighted by Gasteiger charge is -2.40. The van der Waals surface area contributed by atoms with E-state index in [0.717, 1.165) is 25.9 Å². The number of nitrogens with zero attached hydrogens (tertiary/aromatic N) is 2. The summed E-state index contributed by atoms with van der Waals surface area (Å²) in [5.74, 6) is 0.376. The fraction of sp³-hybridized carbons (Fsp3) is 0.500. The van der Waals surface area contributed by atoms with Gasteiger partial charge in [-0.05, 0) is 86.3 Å². The molecule has 1 aliphatic carbocycles. The standard InChI is InChI=1S/C26H32N2O/c29-23-11-10-22-7-2-4-9-25(22)28(20-23)17-5-16-27-18-14-26(15-19-27)13-12-21-6-1-3-8-24(21)26/h1-4,6-9H,5,10-20H2. The maximum Gasteiger partial charge on any atom is 0.152 e. The Labute approximate surface area is 174 Å². The summed E-state index contributed by atoms with van der Waals surface area (Å²) in [6, 6.07) is 17.7. The molecule has 0 radical (unpaired) electrons. The molecular formula is C26H32N2O. The molecule has 2 aromatic carbocycles. The number of ketones is 1. The molecule has 1 spiro atoms. The van der Waals surface area contributed by atoms with Gasteiger partial charge in [0.2, 0.25) is 0 Å². The first-order valence-corrected chi connectivity index (χ1v) is 11.4. The fourth-order valence-electron chi connectivity index (χ4n) is 5.85. The van der Waals surface area contributed by atoms with Crippen LogP contribution in [0.5, 0.6) is 0 Å². The zero-order chi connectivity index (χ0) is 19.7. The van der Waals surface area contributed by atoms with Gasteiger partial charge in [-0.3, -0.25) is 4.79 Å². The second-order valence-electron chi connectivity index (χ2n) is 9.22. The van der Waals surface area contributed by atoms with Gasteiger partial charge < -0.3 is 9.80 Å². The highest BCUT2D eigenvalue weighted by Crippen LogP contribution is 2.46. The topological polar surface area (TPSA) is 23.6 Å². The molecule has 3 heteroatoms. The lowest BCUT2D eigenvalue weighted by molar-refractivity contribution is -0.117. The predicted molar refractivity (Wildman–Crippen MR) is 119 cm³/mol. The van der Waals surface area contributed by atoms with E-state index < -0.39 is 0 Å². The molecule has 2 heterocycles. The van der Waals surface area contributed by atoms with E-state index >= 15 is 0 Å². The molecule has 0 N–H and O–H groups in total. The van der Waals surface area contributed by atoms with Gasteiger partial charge in [-0.1, -0.05) is 42.5 Å². The molecule has 29 heavy (non-hydrogen) atoms. The molecule has 3 aliphatic rings. The second-order valence-corrected chi connectivity index (χ2v) is 9.22. The number of likely N-dealkylation sites (tertiary alicyclic amines) is 1. The highest BCUT2D eigenvalue weighted by molar-refractivity contribution is 5.85. The Kier molecular flexibility index (Phi) is 5.17. The van der Waals surface area contributed by atoms with Crippen molar-refractivity contribution in [3.05, 3.63) is 65.2 Å². The summed E-state index contributed by atoms with van der Waals surface area (Å²) in [6.45, 7) is 5.13. The first-order valence-electron chi connectivity index (χ1n) is 11.4. The normalized spacial score (nSPS) is 21.1. The van der Waals surface area contributed by atoms with E-state index in [1.165, 1.54) is 50.0 Å². The van der Waals surface area contributed by atoms with Crippen molar-refractivity contribution in [1.29, 1.82) is 0 Å². The van der Waals surface area contributed by atoms with Crippen LogP contribution in [-0.2, 0) is 23.1 Å². The molecule has 1 fully saturated rings. The van der Waals surface area contributed by atoms with Crippen LogP contribution in [0.4, 0.5) is 5.69 Å². The van der Waals surface area contributed by atoms with Gasteiger partial charge in [-0.2, -0.15) is 0 Å². The number of rotatable bonds is 4. The van der Waals surface area contributed by atoms with Crippen molar-refractivity contribution >= 4 is 11.5 Å². The molecule has 2 aliphatic heterocycles. The van der Waals surface area contributed by atoms with Gasteiger partial charge in [0, 0.05) is 18.7 Å². The van der Waals surface area contributed by atoms with Crippen molar-refractivity contribution < 1.29 is 4.79 Å². The average Bonchev–Trinajstić information content (AvgIpc) is 3.02. The number of hydrogen-bond donors (Lipinski definition) is 0. The largest absolute Gasteiger partial charge is 0.364 e. The summed E-state index contributed by atoms with van der Waals surface area (Å²) in [5.41, 5.74) is 6.28. The van der Waals surface area contributed by atoms with Crippen LogP contribution < -0.4 is 4.90 Å². The number of hydrogen-bond acceptors (Lipinski definition) is 3. The molecule has 3 nitrogen and oxygen atoms in total. The van der Waals surface area contributed by atoms with Crippen LogP contribution in [0.1, 0.15) is 48.8 Å². The highest BCUT2D eigenvalue weighted by Gasteiger charge is 2.40. The third-order valence-corrected chi connectivity index (χ3v) is 7.55. The first-order chi connectivity index (χ1) is 14.2. The Morgan fingerprint density at radius 3 is 2.41 bits per heavy atom. The summed E-state index contributed by atoms with van der Waals surface area (Å²) in [4.78, 5) is 17.2. The molecule has 5 rings (SSSR count). The van der Waals surface area contributed by atoms with Crippen LogP contribution >= 0.6 is 0 Å². The molecule has 2 aromatic rings. The maximum atomic E-state index is 12.2. The van der Waals surface area contributed by atoms with Gasteiger partial charge in [-0.15, -0.1) is 0 Å². The molecule has 0 bridgehead atoms. The summed E-state index contributed by atoms with van der Waals surface area (Å²) in [5, 5.41) is 0. The molecule has 0 atom stereocenters. The number of benzene rings is 2. The zero-order valence-electron chi connectivity index (χ0n) is 17.4. The lowest BCUT2D eigenvalue weighted by atomic mass is 9.74. The van der Waals surface area contributed by atoms with E-state index in [2.05, 4.69) is 58.3 Å². The Morgan fingerprint density at radius 1 is 0.793 bits per heavy atom. The second kappa shape index (κ2) is 7.95. The zero-order valence-corrected chi connectivity index (χ0v) is 17.4. The number of fused-ring (bicyclic) bond motifs is 3. The van der Waals surface area contributed by atoms with Gasteiger partial charge in [0.15, 0.2) is 5.78 Å². The van der Waals surface area contributed by atoms with E-state index in [0.29, 0.717) is 24.2 Å². The molecular weight excluding hydrogens is 356 g/mol. The number of piperidine rings is 1. The van der Waals surface area contributed by atoms with Gasteiger partial charge in [0.25, 0.3) is 0 Å². The van der Waals surface area contributed by atoms with Crippen molar-refractivity contribution in [3.8, 4) is 0 Å². The van der Waals surface area contributed by atoms with Crippen LogP contribution in [0.3, 0.4) is 0 Å². The minimum atomic E-state index is 0.376. The van der Waals surface area contributed by atoms with Crippen LogP contribution in [0.15, 0.2) is 48.5 Å². The third-order valence-electron chi connectivity index (χ3n) is 7.55. The van der Waals surface area contributed by atoms with E-state index in [1.54, 1.807) is 11.1 Å². The Balaban J connectivity index is 1.16. The van der Waals surface area contributed by atoms with Gasteiger partial charge >= 0.3 is 0 Å². The number of aryl methyl sites for hydroxylation is 2. The van der Waals surface area contributed by atoms with Crippen LogP contribution in [0.2, 0.25) is 0 Å². The highest BCUT2D eigenvalue weighted by atomic mass is 16.1. The van der Waals surface area contributed by atoms with Gasteiger partial charge in [0.1, 0.15) is 0 Å². The van der Waals surface area contributed by atoms with Crippen molar-refractivity contribution in [1.82, 2.24) is 4.90 Å². The van der Waals surface area contributed by atoms with Crippen LogP contribution in [0.25, 0.3) is 0 Å². The Bertz CT molecular complexity index is 882. The third kappa shape index (κ3) is 3.73. The van der Waals surface area contributed by atoms with Crippen molar-refractivity contribution in [2.75, 3.05) is 37.6 Å². The van der Waals surface area contributed by atoms with Crippen molar-refractivity contribution in [2.45, 2.75) is 50.4 Å². The quantitative estimate of drug-likeness (QED) is 0.777. The number of Topliss-reactive ketones (excluding diaryl/α,β-unsaturated/α-hetero) is 1. The molecule has 152 valence electrons. The summed E-state index contributed by atoms with van der Waals surface area (Å²) in [7, 11) is 0. The molecule has 1 saturated heterocycles. The van der Waals surface area contributed by atoms with Crippen molar-refractivity contribution in [2.24, 2.45) is 0 Å². The predicted octanol–water partition coefficient (Wildman–Crippen LogP) is 4.38. The molecule has 0 saturated carbocycles. The minimum Gasteiger partial charge on any atom is -0.364 e. The summed E-state index contributed by atoms with van der Waals surface area (Å²) < 4.78 is 0. The van der Waals surface area contributed by atoms with E-state index in [1.807, 2.05) is 0 Å². The van der Waals surface area contributed by atoms with E-state index in [-0.39, 0.29) is 0 Å². The maximum absolute atomic E-state index is 12.2. The fourth-order valence-corrected chi connectivity index (χ4v) is 5.85. The summed E-state index contributed by atoms with van der Waals surface area (Å²) in [6.07, 6.45) is 7.91. The van der Waals surface area contributed by atoms with E-state index in [9.17, 15) is 4.79 Å². The SMILES string of the molecule is O=C1CCc2ccccc2N(CCCN2CCC3(CCc4ccccc43)CC2)C1. The number of carbonyl (C=O) groups is 1. The Hall–Kier alpha value is -2.13. The van der Waals surface area contributed by atoms with Crippen LogP contribution in [0, 0.1) is 0 Å².